The van der Waals surface area contributed by atoms with Gasteiger partial charge < -0.3 is 5.11 Å². The van der Waals surface area contributed by atoms with Gasteiger partial charge in [0.1, 0.15) is 12.4 Å². The number of aliphatic hydroxyl groups is 1. The Morgan fingerprint density at radius 3 is 2.77 bits per heavy atom. The van der Waals surface area contributed by atoms with Gasteiger partial charge in [0.05, 0.1) is 0 Å². The average molecular weight is 178 g/mol. The first-order valence-electron chi connectivity index (χ1n) is 4.61. The van der Waals surface area contributed by atoms with Gasteiger partial charge in [-0.1, -0.05) is 11.8 Å². The molecule has 0 aromatic heterocycles. The number of hydrogen-bond donors (Lipinski definition) is 1. The number of carbonyl (C=O) groups excluding carboxylic acids is 1. The maximum atomic E-state index is 10.6. The van der Waals surface area contributed by atoms with Crippen molar-refractivity contribution >= 4 is 6.29 Å². The van der Waals surface area contributed by atoms with Gasteiger partial charge in [-0.25, -0.2) is 0 Å². The summed E-state index contributed by atoms with van der Waals surface area (Å²) < 4.78 is 0. The predicted octanol–water partition coefficient (Wildman–Crippen LogP) is 1.44. The summed E-state index contributed by atoms with van der Waals surface area (Å²) in [7, 11) is 0. The first kappa shape index (κ1) is 10.0. The Kier molecular flexibility index (Phi) is 3.72. The molecule has 1 N–H and O–H groups in total. The van der Waals surface area contributed by atoms with E-state index >= 15 is 0 Å². The third kappa shape index (κ3) is 3.04. The average Bonchev–Trinajstić information content (AvgIpc) is 2.15. The highest BCUT2D eigenvalue weighted by atomic mass is 16.3. The highest BCUT2D eigenvalue weighted by Gasteiger charge is 2.09. The zero-order chi connectivity index (χ0) is 9.68. The van der Waals surface area contributed by atoms with E-state index in [4.69, 9.17) is 5.11 Å². The van der Waals surface area contributed by atoms with E-state index in [2.05, 4.69) is 11.8 Å². The molecule has 1 unspecified atom stereocenters. The Labute approximate surface area is 78.6 Å². The van der Waals surface area contributed by atoms with Crippen LogP contribution in [0.25, 0.3) is 0 Å². The van der Waals surface area contributed by atoms with Crippen molar-refractivity contribution in [3.8, 4) is 11.8 Å². The van der Waals surface area contributed by atoms with Crippen LogP contribution in [0, 0.1) is 11.8 Å². The van der Waals surface area contributed by atoms with E-state index in [-0.39, 0.29) is 0 Å². The molecule has 0 aliphatic heterocycles. The van der Waals surface area contributed by atoms with Gasteiger partial charge in [0.25, 0.3) is 0 Å². The summed E-state index contributed by atoms with van der Waals surface area (Å²) in [5.74, 6) is 5.54. The molecule has 0 heterocycles. The minimum absolute atomic E-state index is 0.609. The van der Waals surface area contributed by atoms with Crippen LogP contribution in [0.2, 0.25) is 0 Å². The van der Waals surface area contributed by atoms with Gasteiger partial charge in [-0.05, 0) is 32.6 Å². The molecule has 2 heteroatoms. The zero-order valence-corrected chi connectivity index (χ0v) is 7.84. The maximum absolute atomic E-state index is 10.6. The van der Waals surface area contributed by atoms with E-state index in [1.807, 2.05) is 0 Å². The monoisotopic (exact) mass is 178 g/mol. The van der Waals surface area contributed by atoms with E-state index in [0.717, 1.165) is 43.1 Å². The van der Waals surface area contributed by atoms with Crippen LogP contribution in [-0.4, -0.2) is 17.5 Å². The molecule has 0 spiro atoms. The molecule has 0 saturated heterocycles. The molecule has 1 rings (SSSR count). The molecular weight excluding hydrogens is 164 g/mol. The van der Waals surface area contributed by atoms with Crippen LogP contribution >= 0.6 is 0 Å². The highest BCUT2D eigenvalue weighted by molar-refractivity contribution is 5.76. The zero-order valence-electron chi connectivity index (χ0n) is 7.84. The minimum Gasteiger partial charge on any atom is -0.381 e. The third-order valence-corrected chi connectivity index (χ3v) is 2.08. The summed E-state index contributed by atoms with van der Waals surface area (Å²) in [4.78, 5) is 10.6. The van der Waals surface area contributed by atoms with Crippen LogP contribution in [0.5, 0.6) is 0 Å². The first-order valence-corrected chi connectivity index (χ1v) is 4.61. The van der Waals surface area contributed by atoms with E-state index in [9.17, 15) is 4.79 Å². The first-order chi connectivity index (χ1) is 6.24. The number of allylic oxidation sites excluding steroid dienone is 2. The van der Waals surface area contributed by atoms with Gasteiger partial charge in [0, 0.05) is 11.1 Å². The highest BCUT2D eigenvalue weighted by Crippen LogP contribution is 2.22. The molecule has 1 aliphatic carbocycles. The lowest BCUT2D eigenvalue weighted by Crippen LogP contribution is -2.00. The molecule has 0 aromatic carbocycles. The summed E-state index contributed by atoms with van der Waals surface area (Å²) in [6.45, 7) is 1.62. The molecule has 0 radical (unpaired) electrons. The second kappa shape index (κ2) is 4.84. The predicted molar refractivity (Wildman–Crippen MR) is 51.0 cm³/mol. The van der Waals surface area contributed by atoms with Gasteiger partial charge in [0.15, 0.2) is 0 Å². The Hall–Kier alpha value is -1.07. The molecule has 0 amide bonds. The minimum atomic E-state index is -0.609. The molecule has 0 bridgehead atoms. The van der Waals surface area contributed by atoms with Crippen molar-refractivity contribution in [3.63, 3.8) is 0 Å². The van der Waals surface area contributed by atoms with E-state index in [1.54, 1.807) is 6.92 Å². The molecule has 1 atom stereocenters. The normalized spacial score (nSPS) is 18.9. The Morgan fingerprint density at radius 1 is 1.46 bits per heavy atom. The number of rotatable bonds is 1. The molecule has 13 heavy (non-hydrogen) atoms. The quantitative estimate of drug-likeness (QED) is 0.487. The second-order valence-electron chi connectivity index (χ2n) is 3.27. The molecule has 0 saturated carbocycles. The molecule has 0 fully saturated rings. The summed E-state index contributed by atoms with van der Waals surface area (Å²) in [6, 6.07) is 0. The Balaban J connectivity index is 2.81. The van der Waals surface area contributed by atoms with Crippen LogP contribution in [-0.2, 0) is 4.79 Å². The molecule has 70 valence electrons. The van der Waals surface area contributed by atoms with Gasteiger partial charge in [0.2, 0.25) is 0 Å². The van der Waals surface area contributed by atoms with E-state index < -0.39 is 6.10 Å². The third-order valence-electron chi connectivity index (χ3n) is 2.08. The molecule has 2 nitrogen and oxygen atoms in total. The van der Waals surface area contributed by atoms with Crippen molar-refractivity contribution in [3.05, 3.63) is 11.1 Å². The van der Waals surface area contributed by atoms with Crippen molar-refractivity contribution < 1.29 is 9.90 Å². The molecule has 1 aliphatic rings. The van der Waals surface area contributed by atoms with E-state index in [1.165, 1.54) is 0 Å². The second-order valence-corrected chi connectivity index (χ2v) is 3.27. The topological polar surface area (TPSA) is 37.3 Å². The van der Waals surface area contributed by atoms with Crippen LogP contribution in [0.15, 0.2) is 11.1 Å². The van der Waals surface area contributed by atoms with Gasteiger partial charge in [-0.2, -0.15) is 0 Å². The van der Waals surface area contributed by atoms with Crippen molar-refractivity contribution in [2.45, 2.75) is 38.7 Å². The van der Waals surface area contributed by atoms with Crippen molar-refractivity contribution in [1.82, 2.24) is 0 Å². The summed E-state index contributed by atoms with van der Waals surface area (Å²) in [5, 5.41) is 8.96. The standard InChI is InChI=1S/C11H14O2/c1-9(13)6-7-10-4-2-3-5-11(10)8-12/h8-9,13H,2-5H2,1H3. The number of hydrogen-bond acceptors (Lipinski definition) is 2. The summed E-state index contributed by atoms with van der Waals surface area (Å²) >= 11 is 0. The fraction of sp³-hybridized carbons (Fsp3) is 0.545. The lowest BCUT2D eigenvalue weighted by molar-refractivity contribution is -0.105. The fourth-order valence-corrected chi connectivity index (χ4v) is 1.39. The van der Waals surface area contributed by atoms with Gasteiger partial charge >= 0.3 is 0 Å². The van der Waals surface area contributed by atoms with Gasteiger partial charge in [-0.3, -0.25) is 4.79 Å². The van der Waals surface area contributed by atoms with Crippen LogP contribution in [0.1, 0.15) is 32.6 Å². The van der Waals surface area contributed by atoms with Crippen LogP contribution in [0.3, 0.4) is 0 Å². The van der Waals surface area contributed by atoms with Gasteiger partial charge in [-0.15, -0.1) is 0 Å². The molecule has 0 aromatic rings. The number of carbonyl (C=O) groups is 1. The Bertz CT molecular complexity index is 276. The summed E-state index contributed by atoms with van der Waals surface area (Å²) in [5.41, 5.74) is 1.74. The smallest absolute Gasteiger partial charge is 0.146 e. The molecular formula is C11H14O2. The fourth-order valence-electron chi connectivity index (χ4n) is 1.39. The van der Waals surface area contributed by atoms with Crippen LogP contribution < -0.4 is 0 Å². The summed E-state index contributed by atoms with van der Waals surface area (Å²) in [6.07, 6.45) is 4.18. The Morgan fingerprint density at radius 2 is 2.15 bits per heavy atom. The largest absolute Gasteiger partial charge is 0.381 e. The SMILES string of the molecule is CC(O)C#CC1=C(C=O)CCCC1. The van der Waals surface area contributed by atoms with Crippen molar-refractivity contribution in [2.75, 3.05) is 0 Å². The van der Waals surface area contributed by atoms with Crippen LogP contribution in [0.4, 0.5) is 0 Å². The van der Waals surface area contributed by atoms with E-state index in [0.29, 0.717) is 0 Å². The maximum Gasteiger partial charge on any atom is 0.146 e. The lowest BCUT2D eigenvalue weighted by atomic mass is 9.93. The van der Waals surface area contributed by atoms with Crippen molar-refractivity contribution in [2.24, 2.45) is 0 Å². The lowest BCUT2D eigenvalue weighted by Gasteiger charge is -2.11. The van der Waals surface area contributed by atoms with Crippen molar-refractivity contribution in [1.29, 1.82) is 0 Å². The number of aliphatic hydroxyl groups excluding tert-OH is 1. The number of aldehydes is 1.